The van der Waals surface area contributed by atoms with Crippen molar-refractivity contribution < 1.29 is 23.9 Å². The van der Waals surface area contributed by atoms with Crippen LogP contribution >= 0.6 is 0 Å². The number of non-ortho nitro benzene ring substituents is 1. The van der Waals surface area contributed by atoms with E-state index in [1.807, 2.05) is 0 Å². The summed E-state index contributed by atoms with van der Waals surface area (Å²) in [4.78, 5) is 22.1. The Morgan fingerprint density at radius 3 is 2.50 bits per heavy atom. The molecule has 112 valence electrons. The Bertz CT molecular complexity index is 712. The largest absolute Gasteiger partial charge is 0.485 e. The summed E-state index contributed by atoms with van der Waals surface area (Å²) in [5.41, 5.74) is -0.0778. The molecule has 22 heavy (non-hydrogen) atoms. The van der Waals surface area contributed by atoms with Crippen LogP contribution in [-0.2, 0) is 4.79 Å². The number of carbonyl (C=O) groups is 1. The summed E-state index contributed by atoms with van der Waals surface area (Å²) in [5, 5.41) is 10.6. The maximum atomic E-state index is 12.0. The fraction of sp³-hybridized carbons (Fsp3) is 0.133. The molecule has 1 aliphatic rings. The van der Waals surface area contributed by atoms with Gasteiger partial charge in [-0.3, -0.25) is 10.1 Å². The Morgan fingerprint density at radius 1 is 1.14 bits per heavy atom. The molecule has 0 fully saturated rings. The van der Waals surface area contributed by atoms with Gasteiger partial charge in [0.15, 0.2) is 11.5 Å². The van der Waals surface area contributed by atoms with Gasteiger partial charge in [-0.15, -0.1) is 0 Å². The minimum absolute atomic E-state index is 0.0445. The summed E-state index contributed by atoms with van der Waals surface area (Å²) in [5.74, 6) is 0.628. The Kier molecular flexibility index (Phi) is 3.61. The molecule has 0 radical (unpaired) electrons. The monoisotopic (exact) mass is 301 g/mol. The number of nitrogens with zero attached hydrogens (tertiary/aromatic N) is 1. The number of rotatable bonds is 3. The third-order valence-corrected chi connectivity index (χ3v) is 3.04. The van der Waals surface area contributed by atoms with E-state index in [4.69, 9.17) is 14.2 Å². The number of esters is 1. The van der Waals surface area contributed by atoms with E-state index in [1.165, 1.54) is 24.3 Å². The molecule has 1 heterocycles. The molecular formula is C15H11NO6. The normalized spacial score (nSPS) is 15.9. The molecule has 0 saturated carbocycles. The average Bonchev–Trinajstić information content (AvgIpc) is 2.55. The van der Waals surface area contributed by atoms with Gasteiger partial charge in [0.25, 0.3) is 5.69 Å². The predicted octanol–water partition coefficient (Wildman–Crippen LogP) is 2.34. The molecule has 0 saturated heterocycles. The Balaban J connectivity index is 1.66. The molecule has 0 aromatic heterocycles. The van der Waals surface area contributed by atoms with Crippen molar-refractivity contribution in [3.8, 4) is 17.2 Å². The number of carbonyl (C=O) groups excluding carboxylic acids is 1. The van der Waals surface area contributed by atoms with Gasteiger partial charge in [0.05, 0.1) is 4.92 Å². The summed E-state index contributed by atoms with van der Waals surface area (Å²) < 4.78 is 16.1. The van der Waals surface area contributed by atoms with Crippen LogP contribution in [0.3, 0.4) is 0 Å². The molecule has 2 aromatic carbocycles. The zero-order valence-electron chi connectivity index (χ0n) is 11.3. The standard InChI is InChI=1S/C15H11NO6/c17-15(21-11-7-5-10(6-8-11)16(18)19)14-9-20-12-3-1-2-4-13(12)22-14/h1-8,14H,9H2/t14-/m0/s1. The van der Waals surface area contributed by atoms with Crippen LogP contribution in [-0.4, -0.2) is 23.6 Å². The molecule has 7 nitrogen and oxygen atoms in total. The van der Waals surface area contributed by atoms with Crippen molar-refractivity contribution in [2.45, 2.75) is 6.10 Å². The van der Waals surface area contributed by atoms with Crippen molar-refractivity contribution in [2.75, 3.05) is 6.61 Å². The number of benzene rings is 2. The lowest BCUT2D eigenvalue weighted by Gasteiger charge is -2.24. The second-order valence-corrected chi connectivity index (χ2v) is 4.54. The lowest BCUT2D eigenvalue weighted by molar-refractivity contribution is -0.384. The number of fused-ring (bicyclic) bond motifs is 1. The van der Waals surface area contributed by atoms with Crippen molar-refractivity contribution >= 4 is 11.7 Å². The van der Waals surface area contributed by atoms with Crippen LogP contribution in [0, 0.1) is 10.1 Å². The van der Waals surface area contributed by atoms with Crippen LogP contribution in [0.2, 0.25) is 0 Å². The zero-order valence-corrected chi connectivity index (χ0v) is 11.3. The van der Waals surface area contributed by atoms with E-state index < -0.39 is 17.0 Å². The van der Waals surface area contributed by atoms with E-state index in [1.54, 1.807) is 24.3 Å². The first-order valence-corrected chi connectivity index (χ1v) is 6.48. The fourth-order valence-corrected chi connectivity index (χ4v) is 1.95. The van der Waals surface area contributed by atoms with E-state index in [0.717, 1.165) is 0 Å². The second kappa shape index (κ2) is 5.72. The highest BCUT2D eigenvalue weighted by Crippen LogP contribution is 2.31. The molecule has 0 spiro atoms. The zero-order chi connectivity index (χ0) is 15.5. The highest BCUT2D eigenvalue weighted by Gasteiger charge is 2.29. The molecule has 0 unspecified atom stereocenters. The van der Waals surface area contributed by atoms with E-state index in [-0.39, 0.29) is 18.0 Å². The minimum atomic E-state index is -0.884. The Morgan fingerprint density at radius 2 is 1.82 bits per heavy atom. The quantitative estimate of drug-likeness (QED) is 0.374. The summed E-state index contributed by atoms with van der Waals surface area (Å²) in [6.07, 6.45) is -0.884. The summed E-state index contributed by atoms with van der Waals surface area (Å²) in [7, 11) is 0. The van der Waals surface area contributed by atoms with Crippen LogP contribution in [0.15, 0.2) is 48.5 Å². The molecule has 0 amide bonds. The van der Waals surface area contributed by atoms with Crippen molar-refractivity contribution in [3.63, 3.8) is 0 Å². The first kappa shape index (κ1) is 13.9. The molecule has 7 heteroatoms. The summed E-state index contributed by atoms with van der Waals surface area (Å²) >= 11 is 0. The van der Waals surface area contributed by atoms with Gasteiger partial charge >= 0.3 is 5.97 Å². The van der Waals surface area contributed by atoms with Gasteiger partial charge in [0.1, 0.15) is 12.4 Å². The van der Waals surface area contributed by atoms with Crippen molar-refractivity contribution in [1.29, 1.82) is 0 Å². The maximum Gasteiger partial charge on any atom is 0.356 e. The predicted molar refractivity (Wildman–Crippen MR) is 75.1 cm³/mol. The first-order chi connectivity index (χ1) is 10.6. The number of hydrogen-bond acceptors (Lipinski definition) is 6. The van der Waals surface area contributed by atoms with Crippen LogP contribution in [0.4, 0.5) is 5.69 Å². The van der Waals surface area contributed by atoms with E-state index in [9.17, 15) is 14.9 Å². The van der Waals surface area contributed by atoms with Crippen LogP contribution < -0.4 is 14.2 Å². The van der Waals surface area contributed by atoms with Gasteiger partial charge in [0, 0.05) is 12.1 Å². The van der Waals surface area contributed by atoms with Crippen molar-refractivity contribution in [3.05, 3.63) is 58.6 Å². The van der Waals surface area contributed by atoms with Crippen LogP contribution in [0.1, 0.15) is 0 Å². The molecule has 3 rings (SSSR count). The van der Waals surface area contributed by atoms with Gasteiger partial charge in [-0.05, 0) is 24.3 Å². The van der Waals surface area contributed by atoms with E-state index in [2.05, 4.69) is 0 Å². The Labute approximate surface area is 125 Å². The Hall–Kier alpha value is -3.09. The highest BCUT2D eigenvalue weighted by molar-refractivity contribution is 5.78. The van der Waals surface area contributed by atoms with Gasteiger partial charge in [0.2, 0.25) is 6.10 Å². The molecule has 1 atom stereocenters. The number of nitro benzene ring substituents is 1. The van der Waals surface area contributed by atoms with Gasteiger partial charge in [-0.1, -0.05) is 12.1 Å². The summed E-state index contributed by atoms with van der Waals surface area (Å²) in [6.45, 7) is 0.0445. The third kappa shape index (κ3) is 2.83. The first-order valence-electron chi connectivity index (χ1n) is 6.48. The molecule has 0 aliphatic carbocycles. The maximum absolute atomic E-state index is 12.0. The minimum Gasteiger partial charge on any atom is -0.485 e. The lowest BCUT2D eigenvalue weighted by atomic mass is 10.2. The van der Waals surface area contributed by atoms with Gasteiger partial charge < -0.3 is 14.2 Å². The molecular weight excluding hydrogens is 290 g/mol. The van der Waals surface area contributed by atoms with Crippen LogP contribution in [0.25, 0.3) is 0 Å². The van der Waals surface area contributed by atoms with Gasteiger partial charge in [-0.25, -0.2) is 4.79 Å². The van der Waals surface area contributed by atoms with E-state index >= 15 is 0 Å². The number of ether oxygens (including phenoxy) is 3. The van der Waals surface area contributed by atoms with Crippen molar-refractivity contribution in [1.82, 2.24) is 0 Å². The SMILES string of the molecule is O=C(Oc1ccc([N+](=O)[O-])cc1)[C@@H]1COc2ccccc2O1. The van der Waals surface area contributed by atoms with Crippen molar-refractivity contribution in [2.24, 2.45) is 0 Å². The number of nitro groups is 1. The van der Waals surface area contributed by atoms with E-state index in [0.29, 0.717) is 11.5 Å². The smallest absolute Gasteiger partial charge is 0.356 e. The highest BCUT2D eigenvalue weighted by atomic mass is 16.6. The number of hydrogen-bond donors (Lipinski definition) is 0. The molecule has 0 bridgehead atoms. The van der Waals surface area contributed by atoms with Gasteiger partial charge in [-0.2, -0.15) is 0 Å². The fourth-order valence-electron chi connectivity index (χ4n) is 1.95. The molecule has 1 aliphatic heterocycles. The lowest BCUT2D eigenvalue weighted by Crippen LogP contribution is -2.39. The van der Waals surface area contributed by atoms with Crippen LogP contribution in [0.5, 0.6) is 17.2 Å². The summed E-state index contributed by atoms with van der Waals surface area (Å²) in [6, 6.07) is 12.2. The number of para-hydroxylation sites is 2. The average molecular weight is 301 g/mol. The second-order valence-electron chi connectivity index (χ2n) is 4.54. The third-order valence-electron chi connectivity index (χ3n) is 3.04. The molecule has 2 aromatic rings. The topological polar surface area (TPSA) is 87.9 Å². The molecule has 0 N–H and O–H groups in total.